The zero-order valence-corrected chi connectivity index (χ0v) is 15.1. The molecule has 7 heteroatoms. The first kappa shape index (κ1) is 20.4. The van der Waals surface area contributed by atoms with Crippen LogP contribution in [0.15, 0.2) is 42.5 Å². The van der Waals surface area contributed by atoms with Crippen molar-refractivity contribution >= 4 is 17.5 Å². The van der Waals surface area contributed by atoms with E-state index in [2.05, 4.69) is 10.6 Å². The Kier molecular flexibility index (Phi) is 7.73. The average molecular weight is 376 g/mol. The molecule has 27 heavy (non-hydrogen) atoms. The molecule has 0 aliphatic rings. The number of anilines is 1. The number of amides is 2. The predicted octanol–water partition coefficient (Wildman–Crippen LogP) is 3.90. The molecule has 2 N–H and O–H groups in total. The van der Waals surface area contributed by atoms with E-state index in [-0.39, 0.29) is 24.4 Å². The van der Waals surface area contributed by atoms with Gasteiger partial charge in [0.2, 0.25) is 5.91 Å². The van der Waals surface area contributed by atoms with Crippen LogP contribution in [0, 0.1) is 11.6 Å². The molecule has 0 unspecified atom stereocenters. The second-order valence-electron chi connectivity index (χ2n) is 5.88. The minimum atomic E-state index is -0.922. The Morgan fingerprint density at radius 2 is 1.89 bits per heavy atom. The van der Waals surface area contributed by atoms with Crippen LogP contribution in [0.5, 0.6) is 5.75 Å². The number of para-hydroxylation sites is 2. The van der Waals surface area contributed by atoms with Crippen LogP contribution in [0.2, 0.25) is 0 Å². The molecule has 2 aromatic carbocycles. The summed E-state index contributed by atoms with van der Waals surface area (Å²) in [7, 11) is 0. The standard InChI is InChI=1S/C20H22F2N2O3/c1-2-12-27-18-7-4-3-6-17(18)24-19(25)8-5-11-23-20(26)15-10-9-14(21)13-16(15)22/h3-4,6-7,9-10,13H,2,5,8,11-12H2,1H3,(H,23,26)(H,24,25). The van der Waals surface area contributed by atoms with Gasteiger partial charge in [0.1, 0.15) is 17.4 Å². The van der Waals surface area contributed by atoms with E-state index in [0.29, 0.717) is 30.5 Å². The summed E-state index contributed by atoms with van der Waals surface area (Å²) in [6.45, 7) is 2.74. The molecule has 0 saturated heterocycles. The molecule has 0 aromatic heterocycles. The first-order chi connectivity index (χ1) is 13.0. The Bertz CT molecular complexity index is 797. The lowest BCUT2D eigenvalue weighted by Gasteiger charge is -2.12. The van der Waals surface area contributed by atoms with Crippen LogP contribution in [0.4, 0.5) is 14.5 Å². The maximum Gasteiger partial charge on any atom is 0.254 e. The molecule has 2 rings (SSSR count). The summed E-state index contributed by atoms with van der Waals surface area (Å²) >= 11 is 0. The number of benzene rings is 2. The highest BCUT2D eigenvalue weighted by atomic mass is 19.1. The van der Waals surface area contributed by atoms with Crippen LogP contribution in [0.1, 0.15) is 36.5 Å². The second-order valence-corrected chi connectivity index (χ2v) is 5.88. The molecule has 5 nitrogen and oxygen atoms in total. The van der Waals surface area contributed by atoms with E-state index in [1.54, 1.807) is 18.2 Å². The van der Waals surface area contributed by atoms with Crippen molar-refractivity contribution < 1.29 is 23.1 Å². The van der Waals surface area contributed by atoms with Gasteiger partial charge in [-0.25, -0.2) is 8.78 Å². The lowest BCUT2D eigenvalue weighted by atomic mass is 10.2. The van der Waals surface area contributed by atoms with E-state index >= 15 is 0 Å². The van der Waals surface area contributed by atoms with Crippen molar-refractivity contribution in [1.82, 2.24) is 5.32 Å². The van der Waals surface area contributed by atoms with Crippen LogP contribution in [-0.4, -0.2) is 25.0 Å². The zero-order valence-electron chi connectivity index (χ0n) is 15.1. The van der Waals surface area contributed by atoms with Crippen LogP contribution in [-0.2, 0) is 4.79 Å². The molecule has 0 spiro atoms. The highest BCUT2D eigenvalue weighted by Gasteiger charge is 2.12. The number of nitrogens with one attached hydrogen (secondary N) is 2. The largest absolute Gasteiger partial charge is 0.491 e. The van der Waals surface area contributed by atoms with Gasteiger partial charge in [0.25, 0.3) is 5.91 Å². The Labute approximate surface area is 156 Å². The Hall–Kier alpha value is -2.96. The second kappa shape index (κ2) is 10.3. The molecule has 0 saturated carbocycles. The molecule has 0 atom stereocenters. The van der Waals surface area contributed by atoms with Crippen molar-refractivity contribution in [3.8, 4) is 5.75 Å². The number of carbonyl (C=O) groups is 2. The van der Waals surface area contributed by atoms with Crippen molar-refractivity contribution in [1.29, 1.82) is 0 Å². The van der Waals surface area contributed by atoms with Gasteiger partial charge in [-0.1, -0.05) is 19.1 Å². The van der Waals surface area contributed by atoms with Gasteiger partial charge in [-0.05, 0) is 37.1 Å². The van der Waals surface area contributed by atoms with Gasteiger partial charge in [-0.15, -0.1) is 0 Å². The van der Waals surface area contributed by atoms with Crippen molar-refractivity contribution in [3.63, 3.8) is 0 Å². The number of rotatable bonds is 9. The average Bonchev–Trinajstić information content (AvgIpc) is 2.64. The minimum absolute atomic E-state index is 0.175. The molecule has 2 amide bonds. The normalized spacial score (nSPS) is 10.3. The topological polar surface area (TPSA) is 67.4 Å². The zero-order chi connectivity index (χ0) is 19.6. The predicted molar refractivity (Wildman–Crippen MR) is 98.8 cm³/mol. The van der Waals surface area contributed by atoms with E-state index < -0.39 is 17.5 Å². The molecular weight excluding hydrogens is 354 g/mol. The molecule has 144 valence electrons. The maximum atomic E-state index is 13.5. The van der Waals surface area contributed by atoms with Crippen molar-refractivity contribution in [3.05, 3.63) is 59.7 Å². The van der Waals surface area contributed by atoms with Crippen molar-refractivity contribution in [2.75, 3.05) is 18.5 Å². The fraction of sp³-hybridized carbons (Fsp3) is 0.300. The molecular formula is C20H22F2N2O3. The number of halogens is 2. The third-order valence-electron chi connectivity index (χ3n) is 3.66. The highest BCUT2D eigenvalue weighted by molar-refractivity contribution is 5.94. The van der Waals surface area contributed by atoms with E-state index in [9.17, 15) is 18.4 Å². The first-order valence-corrected chi connectivity index (χ1v) is 8.76. The number of carbonyl (C=O) groups excluding carboxylic acids is 2. The lowest BCUT2D eigenvalue weighted by molar-refractivity contribution is -0.116. The third-order valence-corrected chi connectivity index (χ3v) is 3.66. The van der Waals surface area contributed by atoms with E-state index in [1.165, 1.54) is 0 Å². The summed E-state index contributed by atoms with van der Waals surface area (Å²) in [5.74, 6) is -1.93. The van der Waals surface area contributed by atoms with Gasteiger partial charge in [0, 0.05) is 19.0 Å². The summed E-state index contributed by atoms with van der Waals surface area (Å²) in [6, 6.07) is 9.91. The molecule has 0 aliphatic heterocycles. The smallest absolute Gasteiger partial charge is 0.254 e. The van der Waals surface area contributed by atoms with E-state index in [4.69, 9.17) is 4.74 Å². The van der Waals surface area contributed by atoms with Gasteiger partial charge in [0.05, 0.1) is 17.9 Å². The molecule has 2 aromatic rings. The molecule has 0 bridgehead atoms. The van der Waals surface area contributed by atoms with Crippen LogP contribution >= 0.6 is 0 Å². The minimum Gasteiger partial charge on any atom is -0.491 e. The SMILES string of the molecule is CCCOc1ccccc1NC(=O)CCCNC(=O)c1ccc(F)cc1F. The summed E-state index contributed by atoms with van der Waals surface area (Å²) in [5, 5.41) is 5.29. The quantitative estimate of drug-likeness (QED) is 0.652. The number of hydrogen-bond acceptors (Lipinski definition) is 3. The highest BCUT2D eigenvalue weighted by Crippen LogP contribution is 2.24. The van der Waals surface area contributed by atoms with Gasteiger partial charge in [-0.2, -0.15) is 0 Å². The monoisotopic (exact) mass is 376 g/mol. The van der Waals surface area contributed by atoms with Crippen LogP contribution in [0.25, 0.3) is 0 Å². The first-order valence-electron chi connectivity index (χ1n) is 8.76. The summed E-state index contributed by atoms with van der Waals surface area (Å²) < 4.78 is 32.0. The van der Waals surface area contributed by atoms with Gasteiger partial charge >= 0.3 is 0 Å². The van der Waals surface area contributed by atoms with Crippen molar-refractivity contribution in [2.24, 2.45) is 0 Å². The Balaban J connectivity index is 1.77. The number of ether oxygens (including phenoxy) is 1. The molecule has 0 radical (unpaired) electrons. The van der Waals surface area contributed by atoms with E-state index in [0.717, 1.165) is 18.6 Å². The summed E-state index contributed by atoms with van der Waals surface area (Å²) in [6.07, 6.45) is 1.41. The third kappa shape index (κ3) is 6.36. The van der Waals surface area contributed by atoms with Gasteiger partial charge in [-0.3, -0.25) is 9.59 Å². The molecule has 0 aliphatic carbocycles. The van der Waals surface area contributed by atoms with Gasteiger partial charge in [0.15, 0.2) is 0 Å². The Morgan fingerprint density at radius 3 is 2.63 bits per heavy atom. The van der Waals surface area contributed by atoms with Crippen LogP contribution < -0.4 is 15.4 Å². The number of hydrogen-bond donors (Lipinski definition) is 2. The Morgan fingerprint density at radius 1 is 1.11 bits per heavy atom. The molecule has 0 heterocycles. The summed E-state index contributed by atoms with van der Waals surface area (Å²) in [4.78, 5) is 23.9. The van der Waals surface area contributed by atoms with Crippen LogP contribution in [0.3, 0.4) is 0 Å². The lowest BCUT2D eigenvalue weighted by Crippen LogP contribution is -2.26. The summed E-state index contributed by atoms with van der Waals surface area (Å²) in [5.41, 5.74) is 0.358. The maximum absolute atomic E-state index is 13.5. The van der Waals surface area contributed by atoms with Crippen molar-refractivity contribution in [2.45, 2.75) is 26.2 Å². The fourth-order valence-electron chi connectivity index (χ4n) is 2.34. The van der Waals surface area contributed by atoms with Gasteiger partial charge < -0.3 is 15.4 Å². The van der Waals surface area contributed by atoms with E-state index in [1.807, 2.05) is 13.0 Å². The molecule has 0 fully saturated rings. The fourth-order valence-corrected chi connectivity index (χ4v) is 2.34.